The largest absolute Gasteiger partial charge is 0.326 e. The first-order valence-electron chi connectivity index (χ1n) is 9.16. The van der Waals surface area contributed by atoms with Crippen molar-refractivity contribution in [3.63, 3.8) is 0 Å². The zero-order valence-electron chi connectivity index (χ0n) is 14.6. The Bertz CT molecular complexity index is 747. The third-order valence-corrected chi connectivity index (χ3v) is 5.42. The highest BCUT2D eigenvalue weighted by molar-refractivity contribution is 5.53. The second kappa shape index (κ2) is 6.95. The number of halogens is 3. The van der Waals surface area contributed by atoms with E-state index < -0.39 is 5.92 Å². The third kappa shape index (κ3) is 3.87. The molecule has 0 bridgehead atoms. The van der Waals surface area contributed by atoms with Gasteiger partial charge in [0, 0.05) is 44.7 Å². The SMILES string of the molecule is Fc1ccc(Nc2ncc3n2CCN(CC2CCC(F)(F)CC2)C3)cc1. The van der Waals surface area contributed by atoms with Crippen LogP contribution in [0.2, 0.25) is 0 Å². The van der Waals surface area contributed by atoms with Crippen LogP contribution < -0.4 is 5.32 Å². The first-order chi connectivity index (χ1) is 12.5. The number of hydrogen-bond donors (Lipinski definition) is 1. The van der Waals surface area contributed by atoms with E-state index in [1.165, 1.54) is 12.1 Å². The molecule has 0 saturated heterocycles. The van der Waals surface area contributed by atoms with Crippen molar-refractivity contribution in [3.8, 4) is 0 Å². The number of anilines is 2. The first kappa shape index (κ1) is 17.4. The van der Waals surface area contributed by atoms with Gasteiger partial charge in [0.2, 0.25) is 11.9 Å². The molecule has 2 aliphatic rings. The summed E-state index contributed by atoms with van der Waals surface area (Å²) < 4.78 is 41.8. The van der Waals surface area contributed by atoms with Gasteiger partial charge >= 0.3 is 0 Å². The molecule has 0 unspecified atom stereocenters. The lowest BCUT2D eigenvalue weighted by molar-refractivity contribution is -0.0495. The molecular weight excluding hydrogens is 341 g/mol. The Morgan fingerprint density at radius 3 is 2.58 bits per heavy atom. The maximum Gasteiger partial charge on any atom is 0.248 e. The Morgan fingerprint density at radius 2 is 1.85 bits per heavy atom. The summed E-state index contributed by atoms with van der Waals surface area (Å²) >= 11 is 0. The van der Waals surface area contributed by atoms with Crippen LogP contribution >= 0.6 is 0 Å². The molecule has 1 fully saturated rings. The van der Waals surface area contributed by atoms with Crippen molar-refractivity contribution in [2.24, 2.45) is 5.92 Å². The molecule has 2 aromatic rings. The smallest absolute Gasteiger partial charge is 0.248 e. The molecule has 1 aromatic carbocycles. The standard InChI is InChI=1S/C19H23F3N4/c20-15-1-3-16(4-2-15)24-18-23-11-17-13-25(9-10-26(17)18)12-14-5-7-19(21,22)8-6-14/h1-4,11,14H,5-10,12-13H2,(H,23,24). The second-order valence-corrected chi connectivity index (χ2v) is 7.39. The summed E-state index contributed by atoms with van der Waals surface area (Å²) in [5, 5.41) is 3.23. The van der Waals surface area contributed by atoms with Gasteiger partial charge < -0.3 is 9.88 Å². The average molecular weight is 364 g/mol. The van der Waals surface area contributed by atoms with Gasteiger partial charge in [-0.05, 0) is 43.0 Å². The minimum atomic E-state index is -2.46. The Kier molecular flexibility index (Phi) is 4.65. The van der Waals surface area contributed by atoms with Gasteiger partial charge in [0.25, 0.3) is 0 Å². The molecule has 2 heterocycles. The predicted molar refractivity (Wildman–Crippen MR) is 94.1 cm³/mol. The molecule has 1 saturated carbocycles. The van der Waals surface area contributed by atoms with Crippen LogP contribution in [0.15, 0.2) is 30.5 Å². The number of imidazole rings is 1. The normalized spacial score (nSPS) is 20.7. The zero-order valence-corrected chi connectivity index (χ0v) is 14.6. The van der Waals surface area contributed by atoms with Crippen LogP contribution in [-0.2, 0) is 13.1 Å². The van der Waals surface area contributed by atoms with Crippen LogP contribution in [0.25, 0.3) is 0 Å². The third-order valence-electron chi connectivity index (χ3n) is 5.42. The van der Waals surface area contributed by atoms with Gasteiger partial charge in [0.05, 0.1) is 11.9 Å². The highest BCUT2D eigenvalue weighted by Crippen LogP contribution is 2.36. The molecule has 1 aliphatic heterocycles. The van der Waals surface area contributed by atoms with E-state index in [0.29, 0.717) is 18.8 Å². The summed E-state index contributed by atoms with van der Waals surface area (Å²) in [5.74, 6) is -1.61. The summed E-state index contributed by atoms with van der Waals surface area (Å²) in [6.07, 6.45) is 3.12. The van der Waals surface area contributed by atoms with E-state index in [2.05, 4.69) is 19.8 Å². The molecule has 1 N–H and O–H groups in total. The molecule has 0 spiro atoms. The molecule has 0 amide bonds. The number of rotatable bonds is 4. The number of alkyl halides is 2. The van der Waals surface area contributed by atoms with Crippen molar-refractivity contribution < 1.29 is 13.2 Å². The lowest BCUT2D eigenvalue weighted by Crippen LogP contribution is -2.38. The summed E-state index contributed by atoms with van der Waals surface area (Å²) in [4.78, 5) is 6.79. The lowest BCUT2D eigenvalue weighted by Gasteiger charge is -2.35. The van der Waals surface area contributed by atoms with E-state index in [1.54, 1.807) is 12.1 Å². The molecule has 0 atom stereocenters. The van der Waals surface area contributed by atoms with Crippen LogP contribution in [0.5, 0.6) is 0 Å². The summed E-state index contributed by atoms with van der Waals surface area (Å²) in [6, 6.07) is 6.20. The molecule has 1 aliphatic carbocycles. The molecule has 4 rings (SSSR count). The molecule has 7 heteroatoms. The first-order valence-corrected chi connectivity index (χ1v) is 9.16. The molecule has 0 radical (unpaired) electrons. The molecule has 26 heavy (non-hydrogen) atoms. The number of fused-ring (bicyclic) bond motifs is 1. The van der Waals surface area contributed by atoms with Crippen molar-refractivity contribution >= 4 is 11.6 Å². The van der Waals surface area contributed by atoms with Crippen LogP contribution in [0.4, 0.5) is 24.8 Å². The van der Waals surface area contributed by atoms with Crippen molar-refractivity contribution in [1.82, 2.24) is 14.5 Å². The van der Waals surface area contributed by atoms with Crippen LogP contribution in [0, 0.1) is 11.7 Å². The van der Waals surface area contributed by atoms with Gasteiger partial charge in [-0.15, -0.1) is 0 Å². The Balaban J connectivity index is 1.36. The van der Waals surface area contributed by atoms with Crippen molar-refractivity contribution in [2.45, 2.75) is 44.7 Å². The van der Waals surface area contributed by atoms with E-state index in [4.69, 9.17) is 0 Å². The minimum absolute atomic E-state index is 0.0230. The van der Waals surface area contributed by atoms with Crippen LogP contribution in [0.1, 0.15) is 31.4 Å². The number of hydrogen-bond acceptors (Lipinski definition) is 3. The van der Waals surface area contributed by atoms with Crippen molar-refractivity contribution in [2.75, 3.05) is 18.4 Å². The number of aromatic nitrogens is 2. The van der Waals surface area contributed by atoms with E-state index in [9.17, 15) is 13.2 Å². The van der Waals surface area contributed by atoms with E-state index in [0.717, 1.165) is 43.5 Å². The fourth-order valence-electron chi connectivity index (χ4n) is 3.90. The predicted octanol–water partition coefficient (Wildman–Crippen LogP) is 4.41. The average Bonchev–Trinajstić information content (AvgIpc) is 3.01. The van der Waals surface area contributed by atoms with Gasteiger partial charge in [-0.1, -0.05) is 0 Å². The summed E-state index contributed by atoms with van der Waals surface area (Å²) in [7, 11) is 0. The summed E-state index contributed by atoms with van der Waals surface area (Å²) in [5.41, 5.74) is 1.91. The van der Waals surface area contributed by atoms with Crippen molar-refractivity contribution in [1.29, 1.82) is 0 Å². The van der Waals surface area contributed by atoms with Gasteiger partial charge in [0.15, 0.2) is 0 Å². The van der Waals surface area contributed by atoms with Crippen molar-refractivity contribution in [3.05, 3.63) is 42.0 Å². The highest BCUT2D eigenvalue weighted by atomic mass is 19.3. The van der Waals surface area contributed by atoms with Gasteiger partial charge in [-0.25, -0.2) is 18.2 Å². The second-order valence-electron chi connectivity index (χ2n) is 7.39. The van der Waals surface area contributed by atoms with Gasteiger partial charge in [-0.3, -0.25) is 4.90 Å². The maximum atomic E-state index is 13.3. The highest BCUT2D eigenvalue weighted by Gasteiger charge is 2.35. The fourth-order valence-corrected chi connectivity index (χ4v) is 3.90. The minimum Gasteiger partial charge on any atom is -0.326 e. The van der Waals surface area contributed by atoms with Crippen LogP contribution in [-0.4, -0.2) is 33.5 Å². The number of nitrogens with one attached hydrogen (secondary N) is 1. The van der Waals surface area contributed by atoms with Gasteiger partial charge in [0.1, 0.15) is 5.82 Å². The van der Waals surface area contributed by atoms with Gasteiger partial charge in [-0.2, -0.15) is 0 Å². The molecular formula is C19H23F3N4. The zero-order chi connectivity index (χ0) is 18.1. The summed E-state index contributed by atoms with van der Waals surface area (Å²) in [6.45, 7) is 3.35. The fraction of sp³-hybridized carbons (Fsp3) is 0.526. The molecule has 4 nitrogen and oxygen atoms in total. The number of nitrogens with zero attached hydrogens (tertiary/aromatic N) is 3. The molecule has 1 aromatic heterocycles. The topological polar surface area (TPSA) is 33.1 Å². The maximum absolute atomic E-state index is 13.3. The Morgan fingerprint density at radius 1 is 1.12 bits per heavy atom. The van der Waals surface area contributed by atoms with E-state index in [-0.39, 0.29) is 18.7 Å². The van der Waals surface area contributed by atoms with E-state index >= 15 is 0 Å². The van der Waals surface area contributed by atoms with E-state index in [1.807, 2.05) is 6.20 Å². The molecule has 140 valence electrons. The Labute approximate surface area is 151 Å². The quantitative estimate of drug-likeness (QED) is 0.873. The Hall–Kier alpha value is -2.02. The van der Waals surface area contributed by atoms with Crippen LogP contribution in [0.3, 0.4) is 0 Å². The number of benzene rings is 1. The lowest BCUT2D eigenvalue weighted by atomic mass is 9.86. The monoisotopic (exact) mass is 364 g/mol.